The van der Waals surface area contributed by atoms with Crippen molar-refractivity contribution in [3.8, 4) is 17.2 Å². The number of fused-ring (bicyclic) bond motifs is 1. The van der Waals surface area contributed by atoms with Crippen molar-refractivity contribution in [2.75, 3.05) is 6.79 Å². The van der Waals surface area contributed by atoms with Crippen LogP contribution in [-0.4, -0.2) is 11.9 Å². The number of aromatic hydroxyl groups is 1. The van der Waals surface area contributed by atoms with Crippen molar-refractivity contribution < 1.29 is 14.6 Å². The monoisotopic (exact) mass is 244 g/mol. The molecule has 0 radical (unpaired) electrons. The molecule has 1 N–H and O–H groups in total. The summed E-state index contributed by atoms with van der Waals surface area (Å²) in [6.45, 7) is 2.20. The van der Waals surface area contributed by atoms with E-state index in [2.05, 4.69) is 15.9 Å². The molecule has 0 fully saturated rings. The van der Waals surface area contributed by atoms with Crippen LogP contribution in [0, 0.1) is 0 Å². The van der Waals surface area contributed by atoms with Gasteiger partial charge in [-0.15, -0.1) is 0 Å². The van der Waals surface area contributed by atoms with E-state index >= 15 is 0 Å². The Morgan fingerprint density at radius 1 is 1.54 bits per heavy atom. The number of aryl methyl sites for hydroxylation is 1. The zero-order chi connectivity index (χ0) is 9.42. The average Bonchev–Trinajstić information content (AvgIpc) is 2.59. The van der Waals surface area contributed by atoms with E-state index in [1.807, 2.05) is 13.0 Å². The Morgan fingerprint density at radius 3 is 3.00 bits per heavy atom. The Balaban J connectivity index is 2.61. The first-order chi connectivity index (χ1) is 6.24. The van der Waals surface area contributed by atoms with E-state index in [-0.39, 0.29) is 12.5 Å². The molecule has 2 rings (SSSR count). The third-order valence-corrected chi connectivity index (χ3v) is 2.77. The molecule has 1 aliphatic heterocycles. The van der Waals surface area contributed by atoms with Gasteiger partial charge in [-0.05, 0) is 34.0 Å². The quantitative estimate of drug-likeness (QED) is 0.825. The van der Waals surface area contributed by atoms with Gasteiger partial charge in [0, 0.05) is 0 Å². The van der Waals surface area contributed by atoms with Gasteiger partial charge in [-0.25, -0.2) is 0 Å². The SMILES string of the molecule is CCc1cc2c(c(Br)c1O)OCO2. The Labute approximate surface area is 84.4 Å². The summed E-state index contributed by atoms with van der Waals surface area (Å²) in [4.78, 5) is 0. The van der Waals surface area contributed by atoms with Gasteiger partial charge >= 0.3 is 0 Å². The number of hydrogen-bond acceptors (Lipinski definition) is 3. The van der Waals surface area contributed by atoms with Gasteiger partial charge in [-0.1, -0.05) is 6.92 Å². The fourth-order valence-electron chi connectivity index (χ4n) is 1.31. The summed E-state index contributed by atoms with van der Waals surface area (Å²) in [5.74, 6) is 1.53. The lowest BCUT2D eigenvalue weighted by Gasteiger charge is -2.06. The highest BCUT2D eigenvalue weighted by atomic mass is 79.9. The molecular weight excluding hydrogens is 236 g/mol. The second kappa shape index (κ2) is 3.10. The topological polar surface area (TPSA) is 38.7 Å². The normalized spacial score (nSPS) is 13.4. The van der Waals surface area contributed by atoms with Gasteiger partial charge in [-0.3, -0.25) is 0 Å². The number of phenolic OH excluding ortho intramolecular Hbond substituents is 1. The minimum Gasteiger partial charge on any atom is -0.506 e. The molecule has 0 atom stereocenters. The fraction of sp³-hybridized carbons (Fsp3) is 0.333. The van der Waals surface area contributed by atoms with Gasteiger partial charge in [0.25, 0.3) is 0 Å². The molecule has 0 aromatic heterocycles. The van der Waals surface area contributed by atoms with E-state index in [1.54, 1.807) is 0 Å². The van der Waals surface area contributed by atoms with Crippen LogP contribution in [0.25, 0.3) is 0 Å². The molecule has 0 aliphatic carbocycles. The fourth-order valence-corrected chi connectivity index (χ4v) is 1.88. The summed E-state index contributed by atoms with van der Waals surface area (Å²) in [5.41, 5.74) is 0.858. The second-order valence-electron chi connectivity index (χ2n) is 2.79. The smallest absolute Gasteiger partial charge is 0.231 e. The first kappa shape index (κ1) is 8.69. The molecule has 70 valence electrons. The van der Waals surface area contributed by atoms with Gasteiger partial charge < -0.3 is 14.6 Å². The number of rotatable bonds is 1. The Morgan fingerprint density at radius 2 is 2.31 bits per heavy atom. The van der Waals surface area contributed by atoms with Crippen LogP contribution in [0.3, 0.4) is 0 Å². The highest BCUT2D eigenvalue weighted by Gasteiger charge is 2.21. The van der Waals surface area contributed by atoms with Gasteiger partial charge in [0.1, 0.15) is 10.2 Å². The molecule has 1 aliphatic rings. The summed E-state index contributed by atoms with van der Waals surface area (Å²) in [7, 11) is 0. The minimum absolute atomic E-state index is 0.223. The number of hydrogen-bond donors (Lipinski definition) is 1. The van der Waals surface area contributed by atoms with Crippen LogP contribution in [0.2, 0.25) is 0 Å². The molecule has 0 saturated carbocycles. The van der Waals surface area contributed by atoms with Crippen molar-refractivity contribution in [2.45, 2.75) is 13.3 Å². The molecule has 3 nitrogen and oxygen atoms in total. The molecule has 0 saturated heterocycles. The van der Waals surface area contributed by atoms with E-state index in [1.165, 1.54) is 0 Å². The molecule has 0 spiro atoms. The third-order valence-electron chi connectivity index (χ3n) is 2.04. The molecule has 0 amide bonds. The molecule has 1 heterocycles. The van der Waals surface area contributed by atoms with E-state index < -0.39 is 0 Å². The van der Waals surface area contributed by atoms with Crippen molar-refractivity contribution in [3.05, 3.63) is 16.1 Å². The highest BCUT2D eigenvalue weighted by Crippen LogP contribution is 2.46. The first-order valence-electron chi connectivity index (χ1n) is 4.04. The maximum Gasteiger partial charge on any atom is 0.231 e. The predicted octanol–water partition coefficient (Wildman–Crippen LogP) is 2.45. The van der Waals surface area contributed by atoms with Crippen LogP contribution in [0.15, 0.2) is 10.5 Å². The number of ether oxygens (including phenoxy) is 2. The Kier molecular flexibility index (Phi) is 2.07. The Bertz CT molecular complexity index is 348. The number of halogens is 1. The van der Waals surface area contributed by atoms with Crippen LogP contribution in [0.4, 0.5) is 0 Å². The van der Waals surface area contributed by atoms with Crippen molar-refractivity contribution in [3.63, 3.8) is 0 Å². The molecule has 1 aromatic rings. The van der Waals surface area contributed by atoms with Crippen molar-refractivity contribution >= 4 is 15.9 Å². The van der Waals surface area contributed by atoms with Crippen molar-refractivity contribution in [1.82, 2.24) is 0 Å². The van der Waals surface area contributed by atoms with Crippen LogP contribution >= 0.6 is 15.9 Å². The molecule has 13 heavy (non-hydrogen) atoms. The molecule has 0 bridgehead atoms. The summed E-state index contributed by atoms with van der Waals surface area (Å²) in [5, 5.41) is 9.68. The van der Waals surface area contributed by atoms with Gasteiger partial charge in [0.05, 0.1) is 0 Å². The number of benzene rings is 1. The van der Waals surface area contributed by atoms with Crippen molar-refractivity contribution in [1.29, 1.82) is 0 Å². The zero-order valence-electron chi connectivity index (χ0n) is 7.13. The molecule has 4 heteroatoms. The lowest BCUT2D eigenvalue weighted by atomic mass is 10.1. The van der Waals surface area contributed by atoms with Crippen LogP contribution in [0.1, 0.15) is 12.5 Å². The van der Waals surface area contributed by atoms with E-state index in [0.717, 1.165) is 12.0 Å². The molecular formula is C9H9BrO3. The van der Waals surface area contributed by atoms with E-state index in [4.69, 9.17) is 9.47 Å². The summed E-state index contributed by atoms with van der Waals surface area (Å²) in [6, 6.07) is 1.81. The minimum atomic E-state index is 0.223. The van der Waals surface area contributed by atoms with Gasteiger partial charge in [0.2, 0.25) is 6.79 Å². The Hall–Kier alpha value is -0.900. The van der Waals surface area contributed by atoms with E-state index in [0.29, 0.717) is 16.0 Å². The van der Waals surface area contributed by atoms with Crippen LogP contribution in [0.5, 0.6) is 17.2 Å². The lowest BCUT2D eigenvalue weighted by Crippen LogP contribution is -1.93. The summed E-state index contributed by atoms with van der Waals surface area (Å²) < 4.78 is 11.0. The van der Waals surface area contributed by atoms with Crippen LogP contribution in [-0.2, 0) is 6.42 Å². The molecule has 0 unspecified atom stereocenters. The third kappa shape index (κ3) is 1.25. The lowest BCUT2D eigenvalue weighted by molar-refractivity contribution is 0.173. The largest absolute Gasteiger partial charge is 0.506 e. The van der Waals surface area contributed by atoms with Crippen molar-refractivity contribution in [2.24, 2.45) is 0 Å². The summed E-state index contributed by atoms with van der Waals surface area (Å²) >= 11 is 3.27. The van der Waals surface area contributed by atoms with Gasteiger partial charge in [-0.2, -0.15) is 0 Å². The maximum absolute atomic E-state index is 9.68. The maximum atomic E-state index is 9.68. The standard InChI is InChI=1S/C9H9BrO3/c1-2-5-3-6-9(13-4-12-6)7(10)8(5)11/h3,11H,2,4H2,1H3. The summed E-state index contributed by atoms with van der Waals surface area (Å²) in [6.07, 6.45) is 0.765. The first-order valence-corrected chi connectivity index (χ1v) is 4.83. The highest BCUT2D eigenvalue weighted by molar-refractivity contribution is 9.10. The van der Waals surface area contributed by atoms with Gasteiger partial charge in [0.15, 0.2) is 11.5 Å². The zero-order valence-corrected chi connectivity index (χ0v) is 8.72. The average molecular weight is 245 g/mol. The predicted molar refractivity (Wildman–Crippen MR) is 51.3 cm³/mol. The number of phenols is 1. The van der Waals surface area contributed by atoms with Crippen LogP contribution < -0.4 is 9.47 Å². The van der Waals surface area contributed by atoms with E-state index in [9.17, 15) is 5.11 Å². The molecule has 1 aromatic carbocycles. The second-order valence-corrected chi connectivity index (χ2v) is 3.58.